The number of nitrogens with two attached hydrogens (primary N) is 3. The van der Waals surface area contributed by atoms with Gasteiger partial charge in [0.15, 0.2) is 5.82 Å². The summed E-state index contributed by atoms with van der Waals surface area (Å²) in [6.07, 6.45) is 5.47. The molecule has 1 fully saturated rings. The molecule has 1 saturated carbocycles. The van der Waals surface area contributed by atoms with Crippen LogP contribution in [-0.2, 0) is 6.54 Å². The zero-order chi connectivity index (χ0) is 19.6. The second kappa shape index (κ2) is 7.59. The molecule has 0 amide bonds. The summed E-state index contributed by atoms with van der Waals surface area (Å²) < 4.78 is 13.9. The number of anilines is 1. The lowest BCUT2D eigenvalue weighted by Crippen LogP contribution is -2.35. The summed E-state index contributed by atoms with van der Waals surface area (Å²) in [6, 6.07) is 6.36. The summed E-state index contributed by atoms with van der Waals surface area (Å²) >= 11 is 0. The van der Waals surface area contributed by atoms with Crippen molar-refractivity contribution in [2.24, 2.45) is 11.6 Å². The van der Waals surface area contributed by atoms with Crippen molar-refractivity contribution < 1.29 is 4.39 Å². The van der Waals surface area contributed by atoms with Crippen LogP contribution >= 0.6 is 0 Å². The van der Waals surface area contributed by atoms with Crippen LogP contribution in [0.5, 0.6) is 0 Å². The Labute approximate surface area is 157 Å². The minimum atomic E-state index is -0.355. The Balaban J connectivity index is 1.85. The predicted molar refractivity (Wildman–Crippen MR) is 105 cm³/mol. The van der Waals surface area contributed by atoms with Crippen LogP contribution < -0.4 is 17.3 Å². The number of allylic oxidation sites excluding steroid dienone is 3. The van der Waals surface area contributed by atoms with Crippen LogP contribution in [0.25, 0.3) is 5.57 Å². The first-order valence-electron chi connectivity index (χ1n) is 8.62. The maximum Gasteiger partial charge on any atom is 0.161 e. The van der Waals surface area contributed by atoms with Crippen molar-refractivity contribution in [1.82, 2.24) is 15.0 Å². The van der Waals surface area contributed by atoms with Crippen LogP contribution in [0, 0.1) is 5.82 Å². The first kappa shape index (κ1) is 18.6. The third kappa shape index (κ3) is 3.98. The number of hydrogen-bond donors (Lipinski definition) is 3. The molecule has 7 heteroatoms. The van der Waals surface area contributed by atoms with Gasteiger partial charge in [-0.25, -0.2) is 20.2 Å². The summed E-state index contributed by atoms with van der Waals surface area (Å²) in [5.41, 5.74) is 14.5. The number of aromatic nitrogens is 2. The third-order valence-corrected chi connectivity index (χ3v) is 4.55. The fourth-order valence-electron chi connectivity index (χ4n) is 2.81. The van der Waals surface area contributed by atoms with Gasteiger partial charge in [0.1, 0.15) is 17.5 Å². The Morgan fingerprint density at radius 1 is 1.33 bits per heavy atom. The fraction of sp³-hybridized carbons (Fsp3) is 0.200. The van der Waals surface area contributed by atoms with E-state index in [1.165, 1.54) is 17.2 Å². The average molecular weight is 366 g/mol. The van der Waals surface area contributed by atoms with Crippen LogP contribution in [0.1, 0.15) is 35.7 Å². The van der Waals surface area contributed by atoms with E-state index in [1.807, 2.05) is 0 Å². The van der Waals surface area contributed by atoms with E-state index in [9.17, 15) is 4.39 Å². The number of rotatable bonds is 7. The highest BCUT2D eigenvalue weighted by atomic mass is 19.1. The van der Waals surface area contributed by atoms with Crippen LogP contribution in [0.2, 0.25) is 0 Å². The summed E-state index contributed by atoms with van der Waals surface area (Å²) in [6.45, 7) is 7.87. The van der Waals surface area contributed by atoms with Gasteiger partial charge in [-0.15, -0.1) is 0 Å². The van der Waals surface area contributed by atoms with Gasteiger partial charge in [0.25, 0.3) is 0 Å². The molecule has 1 heterocycles. The molecule has 0 aliphatic heterocycles. The lowest BCUT2D eigenvalue weighted by molar-refractivity contribution is 0.339. The maximum atomic E-state index is 13.9. The van der Waals surface area contributed by atoms with Gasteiger partial charge >= 0.3 is 0 Å². The van der Waals surface area contributed by atoms with Crippen LogP contribution in [-0.4, -0.2) is 15.0 Å². The number of nitrogen functional groups attached to an aromatic ring is 1. The Morgan fingerprint density at radius 3 is 2.63 bits per heavy atom. The molecule has 0 atom stereocenters. The molecular formula is C20H23FN6. The molecule has 1 aromatic carbocycles. The van der Waals surface area contributed by atoms with Crippen molar-refractivity contribution in [3.05, 3.63) is 83.9 Å². The van der Waals surface area contributed by atoms with Crippen LogP contribution in [0.15, 0.2) is 61.1 Å². The highest BCUT2D eigenvalue weighted by Crippen LogP contribution is 2.42. The van der Waals surface area contributed by atoms with E-state index >= 15 is 0 Å². The summed E-state index contributed by atoms with van der Waals surface area (Å²) in [5, 5.41) is 1.24. The minimum Gasteiger partial charge on any atom is -0.384 e. The highest BCUT2D eigenvalue weighted by molar-refractivity contribution is 5.77. The van der Waals surface area contributed by atoms with E-state index in [4.69, 9.17) is 17.3 Å². The molecule has 0 unspecified atom stereocenters. The Hall–Kier alpha value is -3.19. The molecule has 27 heavy (non-hydrogen) atoms. The zero-order valence-corrected chi connectivity index (χ0v) is 15.0. The monoisotopic (exact) mass is 366 g/mol. The molecule has 6 nitrogen and oxygen atoms in total. The molecule has 3 rings (SSSR count). The van der Waals surface area contributed by atoms with E-state index in [0.29, 0.717) is 34.3 Å². The molecule has 2 aromatic rings. The average Bonchev–Trinajstić information content (AvgIpc) is 3.48. The molecule has 1 aliphatic rings. The number of benzene rings is 1. The van der Waals surface area contributed by atoms with E-state index in [0.717, 1.165) is 18.4 Å². The molecular weight excluding hydrogens is 343 g/mol. The van der Waals surface area contributed by atoms with Gasteiger partial charge in [0.2, 0.25) is 0 Å². The second-order valence-corrected chi connectivity index (χ2v) is 6.51. The third-order valence-electron chi connectivity index (χ3n) is 4.55. The topological polar surface area (TPSA) is 107 Å². The SMILES string of the molecule is C=C/C(C(=C)c1ncc(C2CC2)c(N)n1)=C(\N)N(N)Cc1ccccc1F. The lowest BCUT2D eigenvalue weighted by atomic mass is 10.1. The number of hydrogen-bond acceptors (Lipinski definition) is 6. The first-order chi connectivity index (χ1) is 12.9. The Bertz CT molecular complexity index is 916. The molecule has 0 bridgehead atoms. The van der Waals surface area contributed by atoms with E-state index in [-0.39, 0.29) is 18.2 Å². The number of nitrogens with zero attached hydrogens (tertiary/aromatic N) is 3. The van der Waals surface area contributed by atoms with Gasteiger partial charge < -0.3 is 11.5 Å². The van der Waals surface area contributed by atoms with Crippen molar-refractivity contribution in [1.29, 1.82) is 0 Å². The fourth-order valence-corrected chi connectivity index (χ4v) is 2.81. The molecule has 0 saturated heterocycles. The first-order valence-corrected chi connectivity index (χ1v) is 8.62. The van der Waals surface area contributed by atoms with Gasteiger partial charge in [0, 0.05) is 28.5 Å². The van der Waals surface area contributed by atoms with Gasteiger partial charge in [-0.1, -0.05) is 37.4 Å². The van der Waals surface area contributed by atoms with Gasteiger partial charge in [-0.05, 0) is 24.8 Å². The van der Waals surface area contributed by atoms with Gasteiger partial charge in [0.05, 0.1) is 6.54 Å². The van der Waals surface area contributed by atoms with Crippen molar-refractivity contribution in [2.75, 3.05) is 5.73 Å². The van der Waals surface area contributed by atoms with Crippen molar-refractivity contribution in [3.63, 3.8) is 0 Å². The lowest BCUT2D eigenvalue weighted by Gasteiger charge is -2.22. The molecule has 1 aliphatic carbocycles. The molecule has 0 radical (unpaired) electrons. The molecule has 1 aromatic heterocycles. The molecule has 0 spiro atoms. The minimum absolute atomic E-state index is 0.0900. The molecule has 6 N–H and O–H groups in total. The highest BCUT2D eigenvalue weighted by Gasteiger charge is 2.27. The van der Waals surface area contributed by atoms with E-state index in [2.05, 4.69) is 23.1 Å². The number of hydrazine groups is 1. The Morgan fingerprint density at radius 2 is 2.04 bits per heavy atom. The largest absolute Gasteiger partial charge is 0.384 e. The second-order valence-electron chi connectivity index (χ2n) is 6.51. The van der Waals surface area contributed by atoms with Crippen molar-refractivity contribution >= 4 is 11.4 Å². The molecule has 140 valence electrons. The summed E-state index contributed by atoms with van der Waals surface area (Å²) in [4.78, 5) is 8.72. The quantitative estimate of drug-likeness (QED) is 0.395. The summed E-state index contributed by atoms with van der Waals surface area (Å²) in [7, 11) is 0. The zero-order valence-electron chi connectivity index (χ0n) is 15.0. The standard InChI is InChI=1S/C20H23FN6/c1-3-15(19(23)27(24)11-14-6-4-5-7-17(14)21)12(2)20-25-10-16(13-8-9-13)18(22)26-20/h3-7,10,13H,1-2,8-9,11,23-24H2,(H2,22,25,26)/b19-15-. The van der Waals surface area contributed by atoms with Crippen molar-refractivity contribution in [2.45, 2.75) is 25.3 Å². The van der Waals surface area contributed by atoms with Crippen LogP contribution in [0.3, 0.4) is 0 Å². The Kier molecular flexibility index (Phi) is 5.23. The van der Waals surface area contributed by atoms with Gasteiger partial charge in [-0.2, -0.15) is 0 Å². The van der Waals surface area contributed by atoms with E-state index < -0.39 is 0 Å². The normalized spacial score (nSPS) is 14.4. The summed E-state index contributed by atoms with van der Waals surface area (Å²) in [5.74, 6) is 7.13. The van der Waals surface area contributed by atoms with Crippen LogP contribution in [0.4, 0.5) is 10.2 Å². The number of halogens is 1. The van der Waals surface area contributed by atoms with Gasteiger partial charge in [-0.3, -0.25) is 5.01 Å². The van der Waals surface area contributed by atoms with Crippen molar-refractivity contribution in [3.8, 4) is 0 Å². The van der Waals surface area contributed by atoms with E-state index in [1.54, 1.807) is 24.4 Å². The predicted octanol–water partition coefficient (Wildman–Crippen LogP) is 2.82. The maximum absolute atomic E-state index is 13.9. The smallest absolute Gasteiger partial charge is 0.161 e.